The average Bonchev–Trinajstić information content (AvgIpc) is 1.88. The molecule has 0 aliphatic carbocycles. The van der Waals surface area contributed by atoms with Gasteiger partial charge in [-0.25, -0.2) is 0 Å². The quantitative estimate of drug-likeness (QED) is 0.535. The molecule has 1 heterocycles. The molecule has 0 aromatic rings. The number of carboxylic acid groups (broad SMARTS) is 1. The highest BCUT2D eigenvalue weighted by molar-refractivity contribution is 7.94. The van der Waals surface area contributed by atoms with Gasteiger partial charge in [0.2, 0.25) is 0 Å². The molecule has 0 aromatic carbocycles. The van der Waals surface area contributed by atoms with Crippen molar-refractivity contribution < 1.29 is 14.1 Å². The highest BCUT2D eigenvalue weighted by Crippen LogP contribution is 2.13. The first kappa shape index (κ1) is 7.84. The third-order valence-electron chi connectivity index (χ3n) is 1.18. The minimum atomic E-state index is -0.817. The number of aliphatic carboxylic acids is 1. The lowest BCUT2D eigenvalue weighted by molar-refractivity contribution is -0.139. The average molecular weight is 163 g/mol. The summed E-state index contributed by atoms with van der Waals surface area (Å²) in [5, 5.41) is 11.3. The maximum Gasteiger partial charge on any atom is 0.321 e. The molecule has 0 aromatic heterocycles. The SMILES string of the molecule is CC1NC(C(=O)O)CSO1. The molecule has 0 saturated carbocycles. The van der Waals surface area contributed by atoms with Crippen LogP contribution in [0.3, 0.4) is 0 Å². The normalized spacial score (nSPS) is 33.7. The lowest BCUT2D eigenvalue weighted by Crippen LogP contribution is -2.47. The van der Waals surface area contributed by atoms with Gasteiger partial charge in [0.15, 0.2) is 0 Å². The number of carbonyl (C=O) groups is 1. The molecule has 2 unspecified atom stereocenters. The summed E-state index contributed by atoms with van der Waals surface area (Å²) < 4.78 is 5.00. The van der Waals surface area contributed by atoms with Crippen molar-refractivity contribution in [2.45, 2.75) is 19.2 Å². The van der Waals surface area contributed by atoms with Gasteiger partial charge >= 0.3 is 5.97 Å². The molecule has 1 fully saturated rings. The Labute approximate surface area is 63.1 Å². The molecule has 2 N–H and O–H groups in total. The van der Waals surface area contributed by atoms with Gasteiger partial charge in [0.25, 0.3) is 0 Å². The van der Waals surface area contributed by atoms with Crippen molar-refractivity contribution in [1.82, 2.24) is 5.32 Å². The van der Waals surface area contributed by atoms with Crippen LogP contribution in [-0.2, 0) is 8.98 Å². The molecule has 0 bridgehead atoms. The first-order chi connectivity index (χ1) is 4.70. The van der Waals surface area contributed by atoms with Crippen LogP contribution in [0.2, 0.25) is 0 Å². The van der Waals surface area contributed by atoms with Gasteiger partial charge in [-0.1, -0.05) is 0 Å². The van der Waals surface area contributed by atoms with E-state index in [9.17, 15) is 4.79 Å². The molecular formula is C5H9NO3S. The van der Waals surface area contributed by atoms with Crippen LogP contribution in [0.15, 0.2) is 0 Å². The molecule has 1 aliphatic heterocycles. The Balaban J connectivity index is 2.39. The smallest absolute Gasteiger partial charge is 0.321 e. The highest BCUT2D eigenvalue weighted by atomic mass is 32.2. The summed E-state index contributed by atoms with van der Waals surface area (Å²) in [4.78, 5) is 10.4. The van der Waals surface area contributed by atoms with Crippen molar-refractivity contribution in [3.05, 3.63) is 0 Å². The minimum Gasteiger partial charge on any atom is -0.480 e. The maximum absolute atomic E-state index is 10.4. The van der Waals surface area contributed by atoms with Gasteiger partial charge in [0.1, 0.15) is 12.3 Å². The van der Waals surface area contributed by atoms with Crippen molar-refractivity contribution in [3.8, 4) is 0 Å². The van der Waals surface area contributed by atoms with Gasteiger partial charge in [0.05, 0.1) is 0 Å². The van der Waals surface area contributed by atoms with Crippen LogP contribution >= 0.6 is 12.0 Å². The van der Waals surface area contributed by atoms with E-state index in [1.807, 2.05) is 0 Å². The van der Waals surface area contributed by atoms with E-state index in [-0.39, 0.29) is 6.23 Å². The van der Waals surface area contributed by atoms with E-state index < -0.39 is 12.0 Å². The topological polar surface area (TPSA) is 58.6 Å². The van der Waals surface area contributed by atoms with Crippen molar-refractivity contribution in [2.24, 2.45) is 0 Å². The van der Waals surface area contributed by atoms with Crippen LogP contribution in [0.4, 0.5) is 0 Å². The number of rotatable bonds is 1. The number of carboxylic acids is 1. The Bertz CT molecular complexity index is 141. The predicted molar refractivity (Wildman–Crippen MR) is 37.6 cm³/mol. The van der Waals surface area contributed by atoms with E-state index in [0.29, 0.717) is 5.75 Å². The third-order valence-corrected chi connectivity index (χ3v) is 2.08. The number of nitrogens with one attached hydrogen (secondary N) is 1. The third kappa shape index (κ3) is 1.86. The number of hydrogen-bond acceptors (Lipinski definition) is 4. The molecule has 1 saturated heterocycles. The maximum atomic E-state index is 10.4. The van der Waals surface area contributed by atoms with E-state index in [0.717, 1.165) is 0 Å². The zero-order valence-corrected chi connectivity index (χ0v) is 6.35. The van der Waals surface area contributed by atoms with Crippen molar-refractivity contribution in [1.29, 1.82) is 0 Å². The predicted octanol–water partition coefficient (Wildman–Crippen LogP) is 0.0536. The Morgan fingerprint density at radius 1 is 1.90 bits per heavy atom. The Morgan fingerprint density at radius 3 is 3.00 bits per heavy atom. The van der Waals surface area contributed by atoms with Crippen LogP contribution in [0.1, 0.15) is 6.92 Å². The first-order valence-electron chi connectivity index (χ1n) is 2.97. The molecule has 1 aliphatic rings. The zero-order valence-electron chi connectivity index (χ0n) is 5.53. The minimum absolute atomic E-state index is 0.167. The second-order valence-corrected chi connectivity index (χ2v) is 2.84. The molecule has 1 rings (SSSR count). The van der Waals surface area contributed by atoms with Gasteiger partial charge in [-0.15, -0.1) is 0 Å². The fourth-order valence-corrected chi connectivity index (χ4v) is 1.42. The van der Waals surface area contributed by atoms with E-state index in [2.05, 4.69) is 5.32 Å². The second-order valence-electron chi connectivity index (χ2n) is 2.08. The monoisotopic (exact) mass is 163 g/mol. The summed E-state index contributed by atoms with van der Waals surface area (Å²) in [6.45, 7) is 1.78. The second kappa shape index (κ2) is 3.23. The fraction of sp³-hybridized carbons (Fsp3) is 0.800. The van der Waals surface area contributed by atoms with Crippen LogP contribution in [0, 0.1) is 0 Å². The molecule has 58 valence electrons. The van der Waals surface area contributed by atoms with Crippen molar-refractivity contribution in [2.75, 3.05) is 5.75 Å². The molecule has 5 heteroatoms. The molecular weight excluding hydrogens is 154 g/mol. The Morgan fingerprint density at radius 2 is 2.60 bits per heavy atom. The largest absolute Gasteiger partial charge is 0.480 e. The summed E-state index contributed by atoms with van der Waals surface area (Å²) in [6, 6.07) is -0.464. The Hall–Kier alpha value is -0.260. The van der Waals surface area contributed by atoms with Gasteiger partial charge in [-0.05, 0) is 19.0 Å². The van der Waals surface area contributed by atoms with Crippen LogP contribution in [0.5, 0.6) is 0 Å². The van der Waals surface area contributed by atoms with E-state index in [4.69, 9.17) is 9.29 Å². The van der Waals surface area contributed by atoms with Crippen LogP contribution in [-0.4, -0.2) is 29.1 Å². The van der Waals surface area contributed by atoms with Crippen molar-refractivity contribution in [3.63, 3.8) is 0 Å². The molecule has 2 atom stereocenters. The van der Waals surface area contributed by atoms with Gasteiger partial charge < -0.3 is 5.11 Å². The van der Waals surface area contributed by atoms with Crippen molar-refractivity contribution >= 4 is 18.0 Å². The highest BCUT2D eigenvalue weighted by Gasteiger charge is 2.24. The van der Waals surface area contributed by atoms with Crippen LogP contribution < -0.4 is 5.32 Å². The van der Waals surface area contributed by atoms with Gasteiger partial charge in [0, 0.05) is 5.75 Å². The molecule has 0 amide bonds. The summed E-state index contributed by atoms with van der Waals surface area (Å²) in [5.74, 6) is -0.345. The van der Waals surface area contributed by atoms with Crippen LogP contribution in [0.25, 0.3) is 0 Å². The lowest BCUT2D eigenvalue weighted by Gasteiger charge is -2.24. The summed E-state index contributed by atoms with van der Waals surface area (Å²) in [7, 11) is 0. The van der Waals surface area contributed by atoms with E-state index >= 15 is 0 Å². The molecule has 10 heavy (non-hydrogen) atoms. The van der Waals surface area contributed by atoms with E-state index in [1.165, 1.54) is 12.0 Å². The lowest BCUT2D eigenvalue weighted by atomic mass is 10.3. The standard InChI is InChI=1S/C5H9NO3S/c1-3-6-4(5(7)8)2-10-9-3/h3-4,6H,2H2,1H3,(H,7,8). The molecule has 0 spiro atoms. The Kier molecular flexibility index (Phi) is 2.53. The number of hydrogen-bond donors (Lipinski definition) is 2. The molecule has 4 nitrogen and oxygen atoms in total. The summed E-state index contributed by atoms with van der Waals surface area (Å²) in [5.41, 5.74) is 0. The van der Waals surface area contributed by atoms with Gasteiger partial charge in [-0.3, -0.25) is 14.3 Å². The zero-order chi connectivity index (χ0) is 7.56. The fourth-order valence-electron chi connectivity index (χ4n) is 0.711. The first-order valence-corrected chi connectivity index (χ1v) is 3.88. The summed E-state index contributed by atoms with van der Waals surface area (Å²) in [6.07, 6.45) is -0.167. The molecule has 0 radical (unpaired) electrons. The van der Waals surface area contributed by atoms with E-state index in [1.54, 1.807) is 6.92 Å². The van der Waals surface area contributed by atoms with Gasteiger partial charge in [-0.2, -0.15) is 0 Å². The summed E-state index contributed by atoms with van der Waals surface area (Å²) >= 11 is 1.20.